The Morgan fingerprint density at radius 3 is 1.84 bits per heavy atom. The first-order valence-electron chi connectivity index (χ1n) is 9.30. The SMILES string of the molecule is CC1=C(C)[P@]2(=S)C[C@@]1(C)C(C)=C2C1=C(C)[C@@]2(C)C(C)=C(C)[P@]1(=S)C2C. The molecule has 0 radical (unpaired) electrons. The number of hydrogen-bond acceptors (Lipinski definition) is 2. The maximum atomic E-state index is 6.58. The Labute approximate surface area is 163 Å². The van der Waals surface area contributed by atoms with Crippen LogP contribution >= 0.6 is 12.1 Å². The van der Waals surface area contributed by atoms with Gasteiger partial charge in [-0.25, -0.2) is 0 Å². The van der Waals surface area contributed by atoms with Gasteiger partial charge in [-0.3, -0.25) is 0 Å². The summed E-state index contributed by atoms with van der Waals surface area (Å²) in [6.07, 6.45) is 1.17. The van der Waals surface area contributed by atoms with Crippen molar-refractivity contribution in [3.8, 4) is 0 Å². The molecule has 0 spiro atoms. The van der Waals surface area contributed by atoms with Crippen molar-refractivity contribution in [1.29, 1.82) is 0 Å². The molecule has 4 bridgehead atoms. The minimum absolute atomic E-state index is 0.160. The Bertz CT molecular complexity index is 987. The van der Waals surface area contributed by atoms with E-state index in [1.54, 1.807) is 32.9 Å². The molecular weight excluding hydrogens is 378 g/mol. The van der Waals surface area contributed by atoms with Crippen LogP contribution in [0.2, 0.25) is 0 Å². The maximum absolute atomic E-state index is 6.58. The molecule has 0 aliphatic carbocycles. The molecule has 1 unspecified atom stereocenters. The van der Waals surface area contributed by atoms with Gasteiger partial charge in [0.15, 0.2) is 0 Å². The summed E-state index contributed by atoms with van der Waals surface area (Å²) < 4.78 is 0. The fourth-order valence-corrected chi connectivity index (χ4v) is 19.8. The third kappa shape index (κ3) is 1.62. The van der Waals surface area contributed by atoms with Crippen LogP contribution in [0.1, 0.15) is 62.3 Å². The van der Waals surface area contributed by atoms with Crippen LogP contribution in [0.5, 0.6) is 0 Å². The summed E-state index contributed by atoms with van der Waals surface area (Å²) in [6, 6.07) is -3.35. The topological polar surface area (TPSA) is 0 Å². The molecule has 0 fully saturated rings. The number of allylic oxidation sites excluding steroid dienone is 8. The number of fused-ring (bicyclic) bond motifs is 4. The monoisotopic (exact) mass is 408 g/mol. The Balaban J connectivity index is 2.07. The van der Waals surface area contributed by atoms with Crippen LogP contribution in [0.3, 0.4) is 0 Å². The Morgan fingerprint density at radius 1 is 0.800 bits per heavy atom. The molecule has 0 saturated carbocycles. The van der Waals surface area contributed by atoms with E-state index in [1.807, 2.05) is 0 Å². The minimum atomic E-state index is -1.71. The van der Waals surface area contributed by atoms with Crippen LogP contribution in [-0.2, 0) is 23.6 Å². The molecule has 4 aliphatic heterocycles. The van der Waals surface area contributed by atoms with Crippen molar-refractivity contribution in [1.82, 2.24) is 0 Å². The fourth-order valence-electron chi connectivity index (χ4n) is 6.26. The van der Waals surface area contributed by atoms with Gasteiger partial charge in [0.1, 0.15) is 0 Å². The summed E-state index contributed by atoms with van der Waals surface area (Å²) in [5, 5.41) is 6.23. The van der Waals surface area contributed by atoms with Gasteiger partial charge in [0, 0.05) is 28.6 Å². The van der Waals surface area contributed by atoms with Gasteiger partial charge in [0.25, 0.3) is 0 Å². The van der Waals surface area contributed by atoms with Gasteiger partial charge in [-0.1, -0.05) is 66.7 Å². The lowest BCUT2D eigenvalue weighted by Gasteiger charge is -2.34. The zero-order chi connectivity index (χ0) is 18.9. The van der Waals surface area contributed by atoms with Crippen LogP contribution < -0.4 is 0 Å². The molecule has 0 aromatic heterocycles. The predicted molar refractivity (Wildman–Crippen MR) is 121 cm³/mol. The molecule has 0 nitrogen and oxygen atoms in total. The van der Waals surface area contributed by atoms with Gasteiger partial charge >= 0.3 is 0 Å². The van der Waals surface area contributed by atoms with Crippen molar-refractivity contribution < 1.29 is 0 Å². The highest BCUT2D eigenvalue weighted by Gasteiger charge is 2.62. The van der Waals surface area contributed by atoms with Crippen LogP contribution in [0.15, 0.2) is 43.5 Å². The first-order chi connectivity index (χ1) is 11.3. The number of rotatable bonds is 1. The van der Waals surface area contributed by atoms with E-state index in [1.165, 1.54) is 16.8 Å². The molecule has 0 N–H and O–H groups in total. The fraction of sp³-hybridized carbons (Fsp3) is 0.619. The van der Waals surface area contributed by atoms with Crippen molar-refractivity contribution in [3.63, 3.8) is 0 Å². The summed E-state index contributed by atoms with van der Waals surface area (Å²) in [7, 11) is 0. The van der Waals surface area contributed by atoms with Crippen molar-refractivity contribution >= 4 is 35.7 Å². The molecule has 4 heteroatoms. The van der Waals surface area contributed by atoms with Crippen LogP contribution in [-0.4, -0.2) is 11.8 Å². The first-order valence-corrected chi connectivity index (χ1v) is 15.2. The first kappa shape index (κ1) is 18.6. The molecule has 0 aromatic rings. The molecular formula is C21H30P2S2. The lowest BCUT2D eigenvalue weighted by Crippen LogP contribution is -2.24. The van der Waals surface area contributed by atoms with Gasteiger partial charge in [-0.15, -0.1) is 0 Å². The molecule has 4 heterocycles. The van der Waals surface area contributed by atoms with E-state index in [4.69, 9.17) is 23.6 Å². The predicted octanol–water partition coefficient (Wildman–Crippen LogP) is 7.54. The van der Waals surface area contributed by atoms with Gasteiger partial charge in [-0.2, -0.15) is 0 Å². The Morgan fingerprint density at radius 2 is 1.36 bits per heavy atom. The molecule has 0 saturated heterocycles. The summed E-state index contributed by atoms with van der Waals surface area (Å²) in [6.45, 7) is 21.3. The Kier molecular flexibility index (Phi) is 3.58. The van der Waals surface area contributed by atoms with E-state index in [9.17, 15) is 0 Å². The van der Waals surface area contributed by atoms with Gasteiger partial charge in [0.05, 0.1) is 0 Å². The second-order valence-corrected chi connectivity index (χ2v) is 18.9. The van der Waals surface area contributed by atoms with Crippen LogP contribution in [0, 0.1) is 10.8 Å². The lowest BCUT2D eigenvalue weighted by molar-refractivity contribution is 0.488. The van der Waals surface area contributed by atoms with Crippen LogP contribution in [0.25, 0.3) is 0 Å². The van der Waals surface area contributed by atoms with E-state index in [0.29, 0.717) is 5.66 Å². The highest BCUT2D eigenvalue weighted by Crippen LogP contribution is 2.90. The van der Waals surface area contributed by atoms with E-state index in [2.05, 4.69) is 62.3 Å². The normalized spacial score (nSPS) is 48.8. The van der Waals surface area contributed by atoms with Gasteiger partial charge in [-0.05, 0) is 69.0 Å². The summed E-state index contributed by atoms with van der Waals surface area (Å²) in [5.74, 6) is 0. The quantitative estimate of drug-likeness (QED) is 0.411. The van der Waals surface area contributed by atoms with Crippen molar-refractivity contribution in [2.75, 3.05) is 6.16 Å². The largest absolute Gasteiger partial charge is 0.0879 e. The molecule has 4 aliphatic rings. The standard InChI is InChI=1S/C21H30P2S2/c1-11-15(5)22(24)10-20(11,8)13(3)18(22)19-14(4)21(9)12(2)16(6)23(19,25)17(21)7/h17H,10H2,1-9H3/t17?,20-,21-,22-,23+/m1/s1. The van der Waals surface area contributed by atoms with Crippen LogP contribution in [0.4, 0.5) is 0 Å². The van der Waals surface area contributed by atoms with Gasteiger partial charge in [0.2, 0.25) is 0 Å². The second kappa shape index (κ2) is 4.81. The maximum Gasteiger partial charge on any atom is 0.0181 e. The smallest absolute Gasteiger partial charge is 0.0181 e. The van der Waals surface area contributed by atoms with E-state index in [0.717, 1.165) is 0 Å². The molecule has 4 rings (SSSR count). The average Bonchev–Trinajstić information content (AvgIpc) is 2.99. The lowest BCUT2D eigenvalue weighted by atomic mass is 9.73. The zero-order valence-corrected chi connectivity index (χ0v) is 20.4. The summed E-state index contributed by atoms with van der Waals surface area (Å²) >= 11 is 13.1. The summed E-state index contributed by atoms with van der Waals surface area (Å²) in [5.41, 5.74) is 7.14. The molecule has 0 aromatic carbocycles. The zero-order valence-electron chi connectivity index (χ0n) is 17.0. The average molecular weight is 409 g/mol. The number of hydrogen-bond donors (Lipinski definition) is 0. The molecule has 25 heavy (non-hydrogen) atoms. The van der Waals surface area contributed by atoms with Gasteiger partial charge < -0.3 is 0 Å². The summed E-state index contributed by atoms with van der Waals surface area (Å²) in [4.78, 5) is 0. The second-order valence-electron chi connectivity index (χ2n) is 9.13. The highest BCUT2D eigenvalue weighted by atomic mass is 32.4. The molecule has 0 amide bonds. The minimum Gasteiger partial charge on any atom is -0.0879 e. The van der Waals surface area contributed by atoms with E-state index >= 15 is 0 Å². The van der Waals surface area contributed by atoms with Crippen molar-refractivity contribution in [3.05, 3.63) is 43.5 Å². The molecule has 5 atom stereocenters. The van der Waals surface area contributed by atoms with Crippen molar-refractivity contribution in [2.24, 2.45) is 10.8 Å². The third-order valence-corrected chi connectivity index (χ3v) is 21.1. The third-order valence-electron chi connectivity index (χ3n) is 8.89. The molecule has 136 valence electrons. The van der Waals surface area contributed by atoms with E-state index < -0.39 is 12.1 Å². The highest BCUT2D eigenvalue weighted by molar-refractivity contribution is 8.22. The van der Waals surface area contributed by atoms with Crippen molar-refractivity contribution in [2.45, 2.75) is 68.0 Å². The van der Waals surface area contributed by atoms with E-state index in [-0.39, 0.29) is 10.8 Å². The Hall–Kier alpha value is 0.260.